The highest BCUT2D eigenvalue weighted by Gasteiger charge is 2.20. The van der Waals surface area contributed by atoms with Crippen molar-refractivity contribution in [2.75, 3.05) is 14.2 Å². The number of hydrogen-bond donors (Lipinski definition) is 1. The first-order valence-electron chi connectivity index (χ1n) is 6.11. The second-order valence-electron chi connectivity index (χ2n) is 3.95. The van der Waals surface area contributed by atoms with E-state index in [4.69, 9.17) is 0 Å². The summed E-state index contributed by atoms with van der Waals surface area (Å²) in [6.07, 6.45) is 5.66. The fourth-order valence-electron chi connectivity index (χ4n) is 1.47. The normalized spacial score (nSPS) is 11.7. The molecule has 0 aliphatic rings. The van der Waals surface area contributed by atoms with Gasteiger partial charge in [-0.2, -0.15) is 0 Å². The van der Waals surface area contributed by atoms with E-state index in [2.05, 4.69) is 19.8 Å². The van der Waals surface area contributed by atoms with Crippen LogP contribution in [0.2, 0.25) is 0 Å². The maximum atomic E-state index is 12.0. The predicted octanol–water partition coefficient (Wildman–Crippen LogP) is 0.472. The van der Waals surface area contributed by atoms with Crippen LogP contribution >= 0.6 is 0 Å². The van der Waals surface area contributed by atoms with Crippen molar-refractivity contribution >= 4 is 17.8 Å². The van der Waals surface area contributed by atoms with E-state index >= 15 is 0 Å². The van der Waals surface area contributed by atoms with E-state index in [0.29, 0.717) is 5.56 Å². The van der Waals surface area contributed by atoms with Crippen LogP contribution in [0, 0.1) is 0 Å². The standard InChI is InChI=1S/C14H16N2O5/c1-20-12(17)5-3-4-11(14(19)21-2)16-13(18)10-6-8-15-9-7-10/h3,5-9,11H,4H2,1-2H3,(H,16,18)/b5-3+/t11-/m0/s1. The van der Waals surface area contributed by atoms with Crippen LogP contribution in [-0.4, -0.2) is 43.1 Å². The molecule has 7 heteroatoms. The summed E-state index contributed by atoms with van der Waals surface area (Å²) in [6, 6.07) is 2.15. The van der Waals surface area contributed by atoms with Crippen LogP contribution in [-0.2, 0) is 19.1 Å². The van der Waals surface area contributed by atoms with Gasteiger partial charge in [0, 0.05) is 24.0 Å². The Morgan fingerprint density at radius 1 is 1.24 bits per heavy atom. The summed E-state index contributed by atoms with van der Waals surface area (Å²) in [4.78, 5) is 38.4. The lowest BCUT2D eigenvalue weighted by atomic mass is 10.1. The largest absolute Gasteiger partial charge is 0.467 e. The third-order valence-electron chi connectivity index (χ3n) is 2.56. The maximum absolute atomic E-state index is 12.0. The summed E-state index contributed by atoms with van der Waals surface area (Å²) in [5.41, 5.74) is 0.371. The molecule has 1 atom stereocenters. The second-order valence-corrected chi connectivity index (χ2v) is 3.95. The molecule has 0 fully saturated rings. The topological polar surface area (TPSA) is 94.6 Å². The second kappa shape index (κ2) is 8.47. The van der Waals surface area contributed by atoms with E-state index in [1.807, 2.05) is 0 Å². The molecule has 0 spiro atoms. The molecule has 0 unspecified atom stereocenters. The van der Waals surface area contributed by atoms with Crippen molar-refractivity contribution in [1.29, 1.82) is 0 Å². The van der Waals surface area contributed by atoms with E-state index in [1.165, 1.54) is 50.9 Å². The zero-order valence-electron chi connectivity index (χ0n) is 11.7. The quantitative estimate of drug-likeness (QED) is 0.605. The average molecular weight is 292 g/mol. The highest BCUT2D eigenvalue weighted by Crippen LogP contribution is 2.02. The summed E-state index contributed by atoms with van der Waals surface area (Å²) in [5.74, 6) is -1.58. The first-order valence-corrected chi connectivity index (χ1v) is 6.11. The van der Waals surface area contributed by atoms with E-state index in [0.717, 1.165) is 0 Å². The van der Waals surface area contributed by atoms with Crippen LogP contribution in [0.3, 0.4) is 0 Å². The number of ether oxygens (including phenoxy) is 2. The Balaban J connectivity index is 2.70. The van der Waals surface area contributed by atoms with Gasteiger partial charge in [-0.15, -0.1) is 0 Å². The lowest BCUT2D eigenvalue weighted by molar-refractivity contribution is -0.143. The highest BCUT2D eigenvalue weighted by atomic mass is 16.5. The minimum Gasteiger partial charge on any atom is -0.467 e. The molecule has 112 valence electrons. The number of carbonyl (C=O) groups excluding carboxylic acids is 3. The number of carbonyl (C=O) groups is 3. The van der Waals surface area contributed by atoms with Crippen molar-refractivity contribution in [3.8, 4) is 0 Å². The van der Waals surface area contributed by atoms with Gasteiger partial charge in [0.2, 0.25) is 0 Å². The Hall–Kier alpha value is -2.70. The Labute approximate surface area is 122 Å². The van der Waals surface area contributed by atoms with Crippen molar-refractivity contribution in [3.05, 3.63) is 42.2 Å². The molecule has 0 bridgehead atoms. The molecule has 7 nitrogen and oxygen atoms in total. The summed E-state index contributed by atoms with van der Waals surface area (Å²) in [5, 5.41) is 2.53. The highest BCUT2D eigenvalue weighted by molar-refractivity contribution is 5.96. The number of methoxy groups -OCH3 is 2. The van der Waals surface area contributed by atoms with Gasteiger partial charge in [-0.25, -0.2) is 9.59 Å². The van der Waals surface area contributed by atoms with Gasteiger partial charge in [-0.3, -0.25) is 9.78 Å². The van der Waals surface area contributed by atoms with Crippen LogP contribution in [0.25, 0.3) is 0 Å². The summed E-state index contributed by atoms with van der Waals surface area (Å²) in [7, 11) is 2.47. The first-order chi connectivity index (χ1) is 10.1. The smallest absolute Gasteiger partial charge is 0.330 e. The van der Waals surface area contributed by atoms with E-state index in [9.17, 15) is 14.4 Å². The van der Waals surface area contributed by atoms with Crippen molar-refractivity contribution in [2.24, 2.45) is 0 Å². The Morgan fingerprint density at radius 3 is 2.48 bits per heavy atom. The monoisotopic (exact) mass is 292 g/mol. The van der Waals surface area contributed by atoms with Gasteiger partial charge in [0.15, 0.2) is 0 Å². The van der Waals surface area contributed by atoms with E-state index < -0.39 is 23.9 Å². The van der Waals surface area contributed by atoms with Gasteiger partial charge in [0.05, 0.1) is 14.2 Å². The van der Waals surface area contributed by atoms with Crippen molar-refractivity contribution < 1.29 is 23.9 Å². The Bertz CT molecular complexity index is 527. The fraction of sp³-hybridized carbons (Fsp3) is 0.286. The molecular weight excluding hydrogens is 276 g/mol. The van der Waals surface area contributed by atoms with Crippen LogP contribution in [0.5, 0.6) is 0 Å². The molecular formula is C14H16N2O5. The summed E-state index contributed by atoms with van der Waals surface area (Å²) in [6.45, 7) is 0. The molecule has 1 aromatic heterocycles. The minimum atomic E-state index is -0.892. The van der Waals surface area contributed by atoms with E-state index in [1.54, 1.807) is 0 Å². The van der Waals surface area contributed by atoms with Gasteiger partial charge in [-0.05, 0) is 18.6 Å². The molecule has 1 aromatic rings. The molecule has 0 aliphatic heterocycles. The molecule has 1 rings (SSSR count). The van der Waals surface area contributed by atoms with Gasteiger partial charge < -0.3 is 14.8 Å². The number of pyridine rings is 1. The lowest BCUT2D eigenvalue weighted by Crippen LogP contribution is -2.41. The zero-order valence-corrected chi connectivity index (χ0v) is 11.7. The van der Waals surface area contributed by atoms with Gasteiger partial charge in [0.25, 0.3) is 5.91 Å². The third kappa shape index (κ3) is 5.43. The van der Waals surface area contributed by atoms with Gasteiger partial charge >= 0.3 is 11.9 Å². The number of rotatable bonds is 6. The Morgan fingerprint density at radius 2 is 1.90 bits per heavy atom. The van der Waals surface area contributed by atoms with Crippen molar-refractivity contribution in [1.82, 2.24) is 10.3 Å². The first kappa shape index (κ1) is 16.4. The zero-order chi connectivity index (χ0) is 15.7. The molecule has 0 radical (unpaired) electrons. The average Bonchev–Trinajstić information content (AvgIpc) is 2.53. The summed E-state index contributed by atoms with van der Waals surface area (Å²) >= 11 is 0. The minimum absolute atomic E-state index is 0.110. The van der Waals surface area contributed by atoms with Crippen LogP contribution in [0.1, 0.15) is 16.8 Å². The fourth-order valence-corrected chi connectivity index (χ4v) is 1.47. The van der Waals surface area contributed by atoms with Crippen molar-refractivity contribution in [3.63, 3.8) is 0 Å². The molecule has 0 saturated carbocycles. The number of hydrogen-bond acceptors (Lipinski definition) is 6. The van der Waals surface area contributed by atoms with Crippen LogP contribution in [0.4, 0.5) is 0 Å². The van der Waals surface area contributed by atoms with E-state index in [-0.39, 0.29) is 6.42 Å². The number of nitrogens with one attached hydrogen (secondary N) is 1. The lowest BCUT2D eigenvalue weighted by Gasteiger charge is -2.14. The Kier molecular flexibility index (Phi) is 6.59. The van der Waals surface area contributed by atoms with Crippen LogP contribution in [0.15, 0.2) is 36.7 Å². The third-order valence-corrected chi connectivity index (χ3v) is 2.56. The van der Waals surface area contributed by atoms with Gasteiger partial charge in [-0.1, -0.05) is 6.08 Å². The molecule has 1 heterocycles. The number of nitrogens with zero attached hydrogens (tertiary/aromatic N) is 1. The predicted molar refractivity (Wildman–Crippen MR) is 73.3 cm³/mol. The van der Waals surface area contributed by atoms with Crippen molar-refractivity contribution in [2.45, 2.75) is 12.5 Å². The number of aromatic nitrogens is 1. The molecule has 0 aromatic carbocycles. The molecule has 0 aliphatic carbocycles. The van der Waals surface area contributed by atoms with Crippen LogP contribution < -0.4 is 5.32 Å². The summed E-state index contributed by atoms with van der Waals surface area (Å²) < 4.78 is 9.05. The molecule has 1 amide bonds. The number of esters is 2. The maximum Gasteiger partial charge on any atom is 0.330 e. The SMILES string of the molecule is COC(=O)/C=C/C[C@H](NC(=O)c1ccncc1)C(=O)OC. The molecule has 1 N–H and O–H groups in total. The van der Waals surface area contributed by atoms with Gasteiger partial charge in [0.1, 0.15) is 6.04 Å². The molecule has 21 heavy (non-hydrogen) atoms. The molecule has 0 saturated heterocycles. The number of amides is 1.